The molecule has 1 aromatic heterocycles. The number of anilines is 1. The summed E-state index contributed by atoms with van der Waals surface area (Å²) in [5, 5.41) is 12.0. The Bertz CT molecular complexity index is 1130. The standard InChI is InChI=1S/C17H14ClF3N4O2S/c1-23-14-8-10(2-7-13(14)18)15-9-16(17(19,20)21)24-25(15)11-3-5-12(6-4-11)28(22,26)27/h2-9,23H,1H3,(H2,22,26,27). The summed E-state index contributed by atoms with van der Waals surface area (Å²) in [6.07, 6.45) is -4.65. The number of halogens is 4. The lowest BCUT2D eigenvalue weighted by atomic mass is 10.1. The molecule has 0 unspecified atom stereocenters. The second kappa shape index (κ2) is 7.12. The number of rotatable bonds is 4. The van der Waals surface area contributed by atoms with E-state index in [4.69, 9.17) is 16.7 Å². The van der Waals surface area contributed by atoms with Crippen molar-refractivity contribution in [3.63, 3.8) is 0 Å². The number of nitrogens with two attached hydrogens (primary N) is 1. The van der Waals surface area contributed by atoms with Gasteiger partial charge in [-0.25, -0.2) is 18.2 Å². The van der Waals surface area contributed by atoms with Gasteiger partial charge in [-0.15, -0.1) is 0 Å². The molecule has 28 heavy (non-hydrogen) atoms. The van der Waals surface area contributed by atoms with Gasteiger partial charge in [-0.2, -0.15) is 18.3 Å². The minimum atomic E-state index is -4.65. The van der Waals surface area contributed by atoms with Crippen LogP contribution in [0, 0.1) is 0 Å². The lowest BCUT2D eigenvalue weighted by Crippen LogP contribution is -2.12. The highest BCUT2D eigenvalue weighted by Crippen LogP contribution is 2.35. The van der Waals surface area contributed by atoms with E-state index in [0.29, 0.717) is 16.3 Å². The third-order valence-corrected chi connectivity index (χ3v) is 5.20. The fraction of sp³-hybridized carbons (Fsp3) is 0.118. The first-order valence-corrected chi connectivity index (χ1v) is 9.71. The molecule has 0 spiro atoms. The summed E-state index contributed by atoms with van der Waals surface area (Å²) < 4.78 is 63.6. The van der Waals surface area contributed by atoms with Crippen LogP contribution in [0.5, 0.6) is 0 Å². The van der Waals surface area contributed by atoms with Crippen LogP contribution in [0.1, 0.15) is 5.69 Å². The molecule has 3 aromatic rings. The van der Waals surface area contributed by atoms with Crippen molar-refractivity contribution < 1.29 is 21.6 Å². The maximum Gasteiger partial charge on any atom is 0.435 e. The van der Waals surface area contributed by atoms with Gasteiger partial charge < -0.3 is 5.32 Å². The van der Waals surface area contributed by atoms with E-state index in [1.165, 1.54) is 24.3 Å². The topological polar surface area (TPSA) is 90.0 Å². The van der Waals surface area contributed by atoms with Crippen molar-refractivity contribution in [3.05, 3.63) is 59.2 Å². The number of alkyl halides is 3. The minimum absolute atomic E-state index is 0.156. The third kappa shape index (κ3) is 3.98. The molecule has 148 valence electrons. The number of sulfonamides is 1. The van der Waals surface area contributed by atoms with E-state index in [1.54, 1.807) is 25.2 Å². The SMILES string of the molecule is CNc1cc(-c2cc(C(F)(F)F)nn2-c2ccc(S(N)(=O)=O)cc2)ccc1Cl. The van der Waals surface area contributed by atoms with Crippen LogP contribution in [0.25, 0.3) is 16.9 Å². The maximum absolute atomic E-state index is 13.2. The number of nitrogens with zero attached hydrogens (tertiary/aromatic N) is 2. The summed E-state index contributed by atoms with van der Waals surface area (Å²) >= 11 is 6.04. The van der Waals surface area contributed by atoms with Crippen LogP contribution in [0.3, 0.4) is 0 Å². The fourth-order valence-electron chi connectivity index (χ4n) is 2.58. The third-order valence-electron chi connectivity index (χ3n) is 3.94. The molecule has 3 N–H and O–H groups in total. The van der Waals surface area contributed by atoms with Crippen LogP contribution < -0.4 is 10.5 Å². The van der Waals surface area contributed by atoms with Gasteiger partial charge in [0.1, 0.15) is 0 Å². The zero-order chi connectivity index (χ0) is 20.7. The second-order valence-corrected chi connectivity index (χ2v) is 7.78. The normalized spacial score (nSPS) is 12.2. The molecule has 0 fully saturated rings. The Morgan fingerprint density at radius 2 is 1.75 bits per heavy atom. The molecule has 0 aliphatic rings. The van der Waals surface area contributed by atoms with Crippen LogP contribution >= 0.6 is 11.6 Å². The zero-order valence-corrected chi connectivity index (χ0v) is 15.9. The van der Waals surface area contributed by atoms with Crippen molar-refractivity contribution in [1.29, 1.82) is 0 Å². The Morgan fingerprint density at radius 1 is 1.11 bits per heavy atom. The quantitative estimate of drug-likeness (QED) is 0.656. The highest BCUT2D eigenvalue weighted by molar-refractivity contribution is 7.89. The first-order chi connectivity index (χ1) is 13.0. The molecule has 0 atom stereocenters. The number of aromatic nitrogens is 2. The van der Waals surface area contributed by atoms with Gasteiger partial charge in [0.25, 0.3) is 0 Å². The molecular weight excluding hydrogens is 417 g/mol. The Balaban J connectivity index is 2.19. The number of benzene rings is 2. The van der Waals surface area contributed by atoms with Gasteiger partial charge in [0.15, 0.2) is 5.69 Å². The highest BCUT2D eigenvalue weighted by Gasteiger charge is 2.35. The number of primary sulfonamides is 1. The van der Waals surface area contributed by atoms with Gasteiger partial charge in [-0.05, 0) is 42.5 Å². The summed E-state index contributed by atoms with van der Waals surface area (Å²) in [6.45, 7) is 0. The minimum Gasteiger partial charge on any atom is -0.387 e. The van der Waals surface area contributed by atoms with Gasteiger partial charge in [0, 0.05) is 12.6 Å². The predicted molar refractivity (Wildman–Crippen MR) is 99.9 cm³/mol. The van der Waals surface area contributed by atoms with Crippen molar-refractivity contribution in [1.82, 2.24) is 9.78 Å². The lowest BCUT2D eigenvalue weighted by Gasteiger charge is -2.10. The van der Waals surface area contributed by atoms with Gasteiger partial charge in [0.05, 0.1) is 27.0 Å². The summed E-state index contributed by atoms with van der Waals surface area (Å²) in [5.41, 5.74) is 0.277. The second-order valence-electron chi connectivity index (χ2n) is 5.81. The van der Waals surface area contributed by atoms with E-state index in [2.05, 4.69) is 10.4 Å². The van der Waals surface area contributed by atoms with Crippen molar-refractivity contribution in [2.24, 2.45) is 5.14 Å². The molecule has 0 saturated heterocycles. The summed E-state index contributed by atoms with van der Waals surface area (Å²) in [4.78, 5) is -0.162. The number of hydrogen-bond acceptors (Lipinski definition) is 4. The average molecular weight is 431 g/mol. The van der Waals surface area contributed by atoms with Crippen LogP contribution in [0.4, 0.5) is 18.9 Å². The van der Waals surface area contributed by atoms with Crippen LogP contribution in [-0.2, 0) is 16.2 Å². The molecule has 0 bridgehead atoms. The van der Waals surface area contributed by atoms with Crippen molar-refractivity contribution in [2.45, 2.75) is 11.1 Å². The van der Waals surface area contributed by atoms with Gasteiger partial charge in [0.2, 0.25) is 10.0 Å². The molecular formula is C17H14ClF3N4O2S. The van der Waals surface area contributed by atoms with Gasteiger partial charge in [-0.1, -0.05) is 17.7 Å². The first-order valence-electron chi connectivity index (χ1n) is 7.79. The molecule has 11 heteroatoms. The van der Waals surface area contributed by atoms with E-state index in [9.17, 15) is 21.6 Å². The van der Waals surface area contributed by atoms with Gasteiger partial charge >= 0.3 is 6.18 Å². The van der Waals surface area contributed by atoms with Crippen molar-refractivity contribution in [2.75, 3.05) is 12.4 Å². The summed E-state index contributed by atoms with van der Waals surface area (Å²) in [6, 6.07) is 10.7. The van der Waals surface area contributed by atoms with E-state index in [-0.39, 0.29) is 16.3 Å². The van der Waals surface area contributed by atoms with Crippen LogP contribution in [0.15, 0.2) is 53.4 Å². The summed E-state index contributed by atoms with van der Waals surface area (Å²) in [5.74, 6) is 0. The van der Waals surface area contributed by atoms with E-state index in [0.717, 1.165) is 10.7 Å². The predicted octanol–water partition coefficient (Wildman–Crippen LogP) is 3.90. The smallest absolute Gasteiger partial charge is 0.387 e. The van der Waals surface area contributed by atoms with Crippen molar-refractivity contribution in [3.8, 4) is 16.9 Å². The lowest BCUT2D eigenvalue weighted by molar-refractivity contribution is -0.141. The molecule has 6 nitrogen and oxygen atoms in total. The van der Waals surface area contributed by atoms with E-state index < -0.39 is 21.9 Å². The van der Waals surface area contributed by atoms with Gasteiger partial charge in [-0.3, -0.25) is 0 Å². The monoisotopic (exact) mass is 430 g/mol. The Morgan fingerprint density at radius 3 is 2.29 bits per heavy atom. The Labute approximate surface area is 163 Å². The molecule has 0 saturated carbocycles. The van der Waals surface area contributed by atoms with E-state index >= 15 is 0 Å². The summed E-state index contributed by atoms with van der Waals surface area (Å²) in [7, 11) is -2.29. The molecule has 0 amide bonds. The fourth-order valence-corrected chi connectivity index (χ4v) is 3.30. The Hall–Kier alpha value is -2.56. The zero-order valence-electron chi connectivity index (χ0n) is 14.3. The molecule has 0 radical (unpaired) electrons. The van der Waals surface area contributed by atoms with Crippen molar-refractivity contribution >= 4 is 27.3 Å². The largest absolute Gasteiger partial charge is 0.435 e. The molecule has 2 aromatic carbocycles. The average Bonchev–Trinajstić information content (AvgIpc) is 3.07. The molecule has 1 heterocycles. The number of nitrogens with one attached hydrogen (secondary N) is 1. The Kier molecular flexibility index (Phi) is 5.13. The number of hydrogen-bond donors (Lipinski definition) is 2. The highest BCUT2D eigenvalue weighted by atomic mass is 35.5. The molecule has 3 rings (SSSR count). The maximum atomic E-state index is 13.2. The van der Waals surface area contributed by atoms with E-state index in [1.807, 2.05) is 0 Å². The van der Waals surface area contributed by atoms with Crippen LogP contribution in [0.2, 0.25) is 5.02 Å². The molecule has 0 aliphatic heterocycles. The first kappa shape index (κ1) is 20.2. The van der Waals surface area contributed by atoms with Crippen LogP contribution in [-0.4, -0.2) is 25.2 Å². The molecule has 0 aliphatic carbocycles.